The van der Waals surface area contributed by atoms with Crippen molar-refractivity contribution >= 4 is 17.6 Å². The van der Waals surface area contributed by atoms with Gasteiger partial charge in [0.1, 0.15) is 0 Å². The van der Waals surface area contributed by atoms with Crippen LogP contribution in [0, 0.1) is 0 Å². The van der Waals surface area contributed by atoms with Crippen LogP contribution in [0.15, 0.2) is 18.2 Å². The first-order valence-electron chi connectivity index (χ1n) is 6.87. The molecule has 0 radical (unpaired) electrons. The summed E-state index contributed by atoms with van der Waals surface area (Å²) in [5, 5.41) is 8.95. The van der Waals surface area contributed by atoms with Gasteiger partial charge in [-0.2, -0.15) is 0 Å². The highest BCUT2D eigenvalue weighted by Gasteiger charge is 2.27. The maximum absolute atomic E-state index is 12.0. The molecule has 20 heavy (non-hydrogen) atoms. The Morgan fingerprint density at radius 3 is 2.90 bits per heavy atom. The van der Waals surface area contributed by atoms with Gasteiger partial charge in [0.25, 0.3) is 0 Å². The zero-order valence-corrected chi connectivity index (χ0v) is 11.6. The van der Waals surface area contributed by atoms with Crippen molar-refractivity contribution in [3.8, 4) is 0 Å². The van der Waals surface area contributed by atoms with Crippen molar-refractivity contribution in [2.75, 3.05) is 24.7 Å². The molecule has 5 nitrogen and oxygen atoms in total. The number of carboxylic acids is 1. The fourth-order valence-corrected chi connectivity index (χ4v) is 2.27. The van der Waals surface area contributed by atoms with Gasteiger partial charge in [-0.25, -0.2) is 4.79 Å². The quantitative estimate of drug-likeness (QED) is 0.775. The van der Waals surface area contributed by atoms with Crippen LogP contribution in [0.3, 0.4) is 0 Å². The first kappa shape index (κ1) is 14.5. The van der Waals surface area contributed by atoms with Gasteiger partial charge in [-0.1, -0.05) is 13.3 Å². The van der Waals surface area contributed by atoms with E-state index in [4.69, 9.17) is 9.84 Å². The van der Waals surface area contributed by atoms with Gasteiger partial charge in [0, 0.05) is 18.8 Å². The Bertz CT molecular complexity index is 513. The van der Waals surface area contributed by atoms with Crippen LogP contribution in [0.1, 0.15) is 35.7 Å². The molecular formula is C15H19NO4. The largest absolute Gasteiger partial charge is 0.478 e. The van der Waals surface area contributed by atoms with Crippen LogP contribution < -0.4 is 4.90 Å². The van der Waals surface area contributed by atoms with E-state index in [0.29, 0.717) is 19.8 Å². The van der Waals surface area contributed by atoms with E-state index in [1.54, 1.807) is 17.0 Å². The summed E-state index contributed by atoms with van der Waals surface area (Å²) in [4.78, 5) is 24.5. The zero-order chi connectivity index (χ0) is 14.5. The van der Waals surface area contributed by atoms with Gasteiger partial charge in [-0.3, -0.25) is 4.79 Å². The molecule has 1 aliphatic rings. The third-order valence-corrected chi connectivity index (χ3v) is 3.36. The molecule has 1 amide bonds. The summed E-state index contributed by atoms with van der Waals surface area (Å²) in [7, 11) is 0. The second kappa shape index (κ2) is 6.52. The van der Waals surface area contributed by atoms with Crippen LogP contribution in [-0.4, -0.2) is 36.7 Å². The second-order valence-electron chi connectivity index (χ2n) is 4.84. The topological polar surface area (TPSA) is 66.8 Å². The summed E-state index contributed by atoms with van der Waals surface area (Å²) < 4.78 is 5.47. The van der Waals surface area contributed by atoms with E-state index in [-0.39, 0.29) is 17.9 Å². The van der Waals surface area contributed by atoms with Gasteiger partial charge in [0.2, 0.25) is 5.91 Å². The Balaban J connectivity index is 1.99. The normalized spacial score (nSPS) is 13.7. The van der Waals surface area contributed by atoms with E-state index >= 15 is 0 Å². The number of benzene rings is 1. The molecule has 0 saturated carbocycles. The predicted octanol–water partition coefficient (Wildman–Crippen LogP) is 2.09. The van der Waals surface area contributed by atoms with Gasteiger partial charge in [0.15, 0.2) is 0 Å². The lowest BCUT2D eigenvalue weighted by molar-refractivity contribution is -0.117. The lowest BCUT2D eigenvalue weighted by Gasteiger charge is -2.17. The molecule has 2 rings (SSSR count). The lowest BCUT2D eigenvalue weighted by atomic mass is 10.1. The molecule has 0 unspecified atom stereocenters. The summed E-state index contributed by atoms with van der Waals surface area (Å²) in [6.45, 7) is 3.83. The number of fused-ring (bicyclic) bond motifs is 1. The number of unbranched alkanes of at least 4 members (excludes halogenated alkanes) is 1. The smallest absolute Gasteiger partial charge is 0.335 e. The van der Waals surface area contributed by atoms with Crippen LogP contribution in [0.5, 0.6) is 0 Å². The number of aromatic carboxylic acids is 1. The first-order chi connectivity index (χ1) is 9.63. The fourth-order valence-electron chi connectivity index (χ4n) is 2.27. The maximum atomic E-state index is 12.0. The van der Waals surface area contributed by atoms with Crippen LogP contribution in [0.2, 0.25) is 0 Å². The number of carboxylic acid groups (broad SMARTS) is 1. The number of amides is 1. The number of hydrogen-bond acceptors (Lipinski definition) is 3. The molecule has 0 spiro atoms. The number of rotatable bonds is 7. The summed E-state index contributed by atoms with van der Waals surface area (Å²) >= 11 is 0. The Hall–Kier alpha value is -1.88. The van der Waals surface area contributed by atoms with Crippen LogP contribution >= 0.6 is 0 Å². The number of carbonyl (C=O) groups excluding carboxylic acids is 1. The van der Waals surface area contributed by atoms with Crippen molar-refractivity contribution < 1.29 is 19.4 Å². The molecule has 108 valence electrons. The van der Waals surface area contributed by atoms with Gasteiger partial charge < -0.3 is 14.7 Å². The molecule has 1 aromatic carbocycles. The average Bonchev–Trinajstić information content (AvgIpc) is 2.73. The second-order valence-corrected chi connectivity index (χ2v) is 4.84. The van der Waals surface area contributed by atoms with Crippen LogP contribution in [0.4, 0.5) is 5.69 Å². The Kier molecular flexibility index (Phi) is 4.74. The van der Waals surface area contributed by atoms with Gasteiger partial charge >= 0.3 is 5.97 Å². The number of nitrogens with zero attached hydrogens (tertiary/aromatic N) is 1. The number of carbonyl (C=O) groups is 2. The SMILES string of the molecule is CCCCOCCN1C(=O)Cc2cc(C(=O)O)ccc21. The van der Waals surface area contributed by atoms with Crippen LogP contribution in [-0.2, 0) is 16.0 Å². The highest BCUT2D eigenvalue weighted by molar-refractivity contribution is 6.02. The summed E-state index contributed by atoms with van der Waals surface area (Å²) in [6, 6.07) is 4.81. The number of hydrogen-bond donors (Lipinski definition) is 1. The molecule has 0 bridgehead atoms. The molecule has 1 aromatic rings. The van der Waals surface area contributed by atoms with E-state index in [1.165, 1.54) is 6.07 Å². The molecule has 0 atom stereocenters. The minimum atomic E-state index is -0.971. The van der Waals surface area contributed by atoms with Crippen molar-refractivity contribution in [3.05, 3.63) is 29.3 Å². The average molecular weight is 277 g/mol. The fraction of sp³-hybridized carbons (Fsp3) is 0.467. The molecule has 0 saturated heterocycles. The Morgan fingerprint density at radius 1 is 1.40 bits per heavy atom. The van der Waals surface area contributed by atoms with E-state index in [0.717, 1.165) is 24.1 Å². The van der Waals surface area contributed by atoms with Gasteiger partial charge in [-0.15, -0.1) is 0 Å². The Morgan fingerprint density at radius 2 is 2.20 bits per heavy atom. The summed E-state index contributed by atoms with van der Waals surface area (Å²) in [5.74, 6) is -0.969. The zero-order valence-electron chi connectivity index (χ0n) is 11.6. The number of ether oxygens (including phenoxy) is 1. The van der Waals surface area contributed by atoms with E-state index in [1.807, 2.05) is 0 Å². The van der Waals surface area contributed by atoms with Crippen molar-refractivity contribution in [3.63, 3.8) is 0 Å². The maximum Gasteiger partial charge on any atom is 0.335 e. The van der Waals surface area contributed by atoms with Crippen molar-refractivity contribution in [2.45, 2.75) is 26.2 Å². The lowest BCUT2D eigenvalue weighted by Crippen LogP contribution is -2.30. The van der Waals surface area contributed by atoms with Gasteiger partial charge in [0.05, 0.1) is 18.6 Å². The third kappa shape index (κ3) is 3.17. The summed E-state index contributed by atoms with van der Waals surface area (Å²) in [5.41, 5.74) is 1.81. The predicted molar refractivity (Wildman–Crippen MR) is 75.2 cm³/mol. The standard InChI is InChI=1S/C15H19NO4/c1-2-3-7-20-8-6-16-13-5-4-11(15(18)19)9-12(13)10-14(16)17/h4-5,9H,2-3,6-8,10H2,1H3,(H,18,19). The van der Waals surface area contributed by atoms with Crippen molar-refractivity contribution in [1.29, 1.82) is 0 Å². The number of anilines is 1. The molecule has 0 aliphatic carbocycles. The molecule has 1 aliphatic heterocycles. The summed E-state index contributed by atoms with van der Waals surface area (Å²) in [6.07, 6.45) is 2.38. The minimum Gasteiger partial charge on any atom is -0.478 e. The van der Waals surface area contributed by atoms with E-state index in [9.17, 15) is 9.59 Å². The first-order valence-corrected chi connectivity index (χ1v) is 6.87. The highest BCUT2D eigenvalue weighted by atomic mass is 16.5. The third-order valence-electron chi connectivity index (χ3n) is 3.36. The monoisotopic (exact) mass is 277 g/mol. The molecular weight excluding hydrogens is 258 g/mol. The van der Waals surface area contributed by atoms with E-state index in [2.05, 4.69) is 6.92 Å². The van der Waals surface area contributed by atoms with E-state index < -0.39 is 5.97 Å². The molecule has 0 aromatic heterocycles. The van der Waals surface area contributed by atoms with Crippen molar-refractivity contribution in [1.82, 2.24) is 0 Å². The highest BCUT2D eigenvalue weighted by Crippen LogP contribution is 2.29. The molecule has 0 fully saturated rings. The minimum absolute atomic E-state index is 0.00151. The molecule has 1 heterocycles. The van der Waals surface area contributed by atoms with Crippen molar-refractivity contribution in [2.24, 2.45) is 0 Å². The molecule has 5 heteroatoms. The Labute approximate surface area is 118 Å². The molecule has 1 N–H and O–H groups in total. The van der Waals surface area contributed by atoms with Crippen LogP contribution in [0.25, 0.3) is 0 Å². The van der Waals surface area contributed by atoms with Gasteiger partial charge in [-0.05, 0) is 30.2 Å².